The van der Waals surface area contributed by atoms with Crippen LogP contribution in [0.5, 0.6) is 0 Å². The molecule has 0 heterocycles. The van der Waals surface area contributed by atoms with E-state index < -0.39 is 12.1 Å². The van der Waals surface area contributed by atoms with Crippen LogP contribution in [0, 0.1) is 0 Å². The van der Waals surface area contributed by atoms with Gasteiger partial charge in [-0.15, -0.1) is 0 Å². The van der Waals surface area contributed by atoms with E-state index in [0.717, 1.165) is 13.3 Å². The number of hydrogen-bond acceptors (Lipinski definition) is 3. The van der Waals surface area contributed by atoms with Crippen molar-refractivity contribution in [3.05, 3.63) is 0 Å². The molecule has 0 aromatic rings. The lowest BCUT2D eigenvalue weighted by Crippen LogP contribution is -1.99. The van der Waals surface area contributed by atoms with E-state index in [1.807, 2.05) is 6.92 Å². The highest BCUT2D eigenvalue weighted by molar-refractivity contribution is 5.62. The van der Waals surface area contributed by atoms with Gasteiger partial charge in [0, 0.05) is 6.92 Å². The minimum Gasteiger partial charge on any atom is -0.481 e. The van der Waals surface area contributed by atoms with E-state index in [1.165, 1.54) is 0 Å². The molecule has 0 atom stereocenters. The number of rotatable bonds is 2. The van der Waals surface area contributed by atoms with Gasteiger partial charge in [0.2, 0.25) is 0 Å². The van der Waals surface area contributed by atoms with Gasteiger partial charge in [-0.25, -0.2) is 4.79 Å². The first-order valence-electron chi connectivity index (χ1n) is 3.06. The maximum absolute atomic E-state index is 9.54. The zero-order valence-electron chi connectivity index (χ0n) is 6.53. The summed E-state index contributed by atoms with van der Waals surface area (Å²) < 4.78 is 4.11. The van der Waals surface area contributed by atoms with E-state index in [1.54, 1.807) is 0 Å². The second kappa shape index (κ2) is 8.74. The molecule has 0 aliphatic heterocycles. The van der Waals surface area contributed by atoms with E-state index in [0.29, 0.717) is 6.61 Å². The zero-order chi connectivity index (χ0) is 9.28. The van der Waals surface area contributed by atoms with Crippen molar-refractivity contribution in [3.8, 4) is 0 Å². The van der Waals surface area contributed by atoms with Gasteiger partial charge in [-0.1, -0.05) is 6.92 Å². The van der Waals surface area contributed by atoms with Gasteiger partial charge in [0.1, 0.15) is 0 Å². The third-order valence-corrected chi connectivity index (χ3v) is 0.430. The topological polar surface area (TPSA) is 83.8 Å². The Kier molecular flexibility index (Phi) is 9.87. The lowest BCUT2D eigenvalue weighted by molar-refractivity contribution is -0.134. The van der Waals surface area contributed by atoms with Crippen molar-refractivity contribution in [1.82, 2.24) is 0 Å². The molecule has 0 aromatic carbocycles. The summed E-state index contributed by atoms with van der Waals surface area (Å²) in [6, 6.07) is 0. The third kappa shape index (κ3) is 52.9. The Labute approximate surface area is 64.6 Å². The van der Waals surface area contributed by atoms with E-state index in [2.05, 4.69) is 4.74 Å². The van der Waals surface area contributed by atoms with Crippen LogP contribution in [-0.2, 0) is 9.53 Å². The van der Waals surface area contributed by atoms with Gasteiger partial charge in [-0.2, -0.15) is 0 Å². The molecule has 0 aliphatic carbocycles. The molecule has 2 N–H and O–H groups in total. The maximum atomic E-state index is 9.54. The molecule has 0 saturated carbocycles. The minimum atomic E-state index is -1.19. The number of aliphatic carboxylic acids is 1. The molecule has 0 fully saturated rings. The smallest absolute Gasteiger partial charge is 0.481 e. The summed E-state index contributed by atoms with van der Waals surface area (Å²) in [6.07, 6.45) is -0.450. The molecule has 0 radical (unpaired) electrons. The van der Waals surface area contributed by atoms with Gasteiger partial charge in [0.25, 0.3) is 5.97 Å². The van der Waals surface area contributed by atoms with Crippen molar-refractivity contribution in [2.45, 2.75) is 20.3 Å². The number of carboxylic acids is 1. The van der Waals surface area contributed by atoms with Crippen LogP contribution in [0.4, 0.5) is 4.79 Å². The zero-order valence-corrected chi connectivity index (χ0v) is 6.53. The van der Waals surface area contributed by atoms with Crippen LogP contribution < -0.4 is 0 Å². The summed E-state index contributed by atoms with van der Waals surface area (Å²) >= 11 is 0. The van der Waals surface area contributed by atoms with E-state index in [-0.39, 0.29) is 0 Å². The van der Waals surface area contributed by atoms with Crippen LogP contribution in [-0.4, -0.2) is 28.9 Å². The first-order chi connectivity index (χ1) is 5.00. The van der Waals surface area contributed by atoms with Gasteiger partial charge in [-0.3, -0.25) is 4.79 Å². The highest BCUT2D eigenvalue weighted by Crippen LogP contribution is 1.78. The van der Waals surface area contributed by atoms with Crippen LogP contribution in [0.15, 0.2) is 0 Å². The Morgan fingerprint density at radius 3 is 1.82 bits per heavy atom. The Balaban J connectivity index is 0. The van der Waals surface area contributed by atoms with Crippen LogP contribution in [0.25, 0.3) is 0 Å². The van der Waals surface area contributed by atoms with Gasteiger partial charge in [0.15, 0.2) is 0 Å². The molecule has 0 rings (SSSR count). The van der Waals surface area contributed by atoms with Crippen molar-refractivity contribution < 1.29 is 24.5 Å². The summed E-state index contributed by atoms with van der Waals surface area (Å²) in [5, 5.41) is 15.2. The van der Waals surface area contributed by atoms with Gasteiger partial charge < -0.3 is 14.9 Å². The summed E-state index contributed by atoms with van der Waals surface area (Å²) in [7, 11) is 0. The highest BCUT2D eigenvalue weighted by Gasteiger charge is 1.89. The van der Waals surface area contributed by atoms with E-state index in [4.69, 9.17) is 15.0 Å². The van der Waals surface area contributed by atoms with Gasteiger partial charge >= 0.3 is 6.16 Å². The Morgan fingerprint density at radius 1 is 1.36 bits per heavy atom. The predicted octanol–water partition coefficient (Wildman–Crippen LogP) is 1.18. The predicted molar refractivity (Wildman–Crippen MR) is 37.6 cm³/mol. The molecular formula is C6H12O5. The van der Waals surface area contributed by atoms with Crippen molar-refractivity contribution in [3.63, 3.8) is 0 Å². The molecule has 5 heteroatoms. The molecule has 0 saturated heterocycles. The first-order valence-corrected chi connectivity index (χ1v) is 3.06. The molecule has 0 bridgehead atoms. The fraction of sp³-hybridized carbons (Fsp3) is 0.667. The molecule has 0 amide bonds. The average molecular weight is 164 g/mol. The summed E-state index contributed by atoms with van der Waals surface area (Å²) in [5.74, 6) is -0.833. The molecule has 0 aromatic heterocycles. The monoisotopic (exact) mass is 164 g/mol. The Bertz CT molecular complexity index is 116. The maximum Gasteiger partial charge on any atom is 0.505 e. The fourth-order valence-electron chi connectivity index (χ4n) is 0.189. The van der Waals surface area contributed by atoms with Crippen LogP contribution >= 0.6 is 0 Å². The highest BCUT2D eigenvalue weighted by atomic mass is 16.7. The lowest BCUT2D eigenvalue weighted by Gasteiger charge is -1.91. The molecular weight excluding hydrogens is 152 g/mol. The Hall–Kier alpha value is -1.26. The van der Waals surface area contributed by atoms with Gasteiger partial charge in [0.05, 0.1) is 6.61 Å². The molecule has 11 heavy (non-hydrogen) atoms. The second-order valence-electron chi connectivity index (χ2n) is 1.63. The lowest BCUT2D eigenvalue weighted by atomic mass is 10.5. The third-order valence-electron chi connectivity index (χ3n) is 0.430. The summed E-state index contributed by atoms with van der Waals surface area (Å²) in [6.45, 7) is 3.23. The van der Waals surface area contributed by atoms with Gasteiger partial charge in [-0.05, 0) is 6.42 Å². The standard InChI is InChI=1S/C4H8O3.C2H4O2/c1-2-3-7-4(5)6;1-2(3)4/h2-3H2,1H3,(H,5,6);1H3,(H,3,4). The second-order valence-corrected chi connectivity index (χ2v) is 1.63. The van der Waals surface area contributed by atoms with E-state index in [9.17, 15) is 4.79 Å². The van der Waals surface area contributed by atoms with Crippen molar-refractivity contribution >= 4 is 12.1 Å². The van der Waals surface area contributed by atoms with Crippen molar-refractivity contribution in [2.24, 2.45) is 0 Å². The van der Waals surface area contributed by atoms with Crippen molar-refractivity contribution in [2.75, 3.05) is 6.61 Å². The minimum absolute atomic E-state index is 0.301. The fourth-order valence-corrected chi connectivity index (χ4v) is 0.189. The van der Waals surface area contributed by atoms with Crippen LogP contribution in [0.1, 0.15) is 20.3 Å². The quantitative estimate of drug-likeness (QED) is 0.598. The molecule has 0 unspecified atom stereocenters. The normalized spacial score (nSPS) is 7.45. The average Bonchev–Trinajstić information content (AvgIpc) is 1.82. The number of carbonyl (C=O) groups is 2. The summed E-state index contributed by atoms with van der Waals surface area (Å²) in [5.41, 5.74) is 0. The van der Waals surface area contributed by atoms with Crippen LogP contribution in [0.2, 0.25) is 0 Å². The Morgan fingerprint density at radius 2 is 1.73 bits per heavy atom. The van der Waals surface area contributed by atoms with E-state index >= 15 is 0 Å². The molecule has 5 nitrogen and oxygen atoms in total. The first kappa shape index (κ1) is 12.4. The largest absolute Gasteiger partial charge is 0.505 e. The van der Waals surface area contributed by atoms with Crippen LogP contribution in [0.3, 0.4) is 0 Å². The molecule has 0 spiro atoms. The molecule has 66 valence electrons. The SMILES string of the molecule is CC(=O)O.CCCOC(=O)O. The molecule has 0 aliphatic rings. The number of ether oxygens (including phenoxy) is 1. The number of hydrogen-bond donors (Lipinski definition) is 2. The summed E-state index contributed by atoms with van der Waals surface area (Å²) in [4.78, 5) is 18.5. The number of carboxylic acid groups (broad SMARTS) is 2. The van der Waals surface area contributed by atoms with Crippen molar-refractivity contribution in [1.29, 1.82) is 0 Å².